The summed E-state index contributed by atoms with van der Waals surface area (Å²) >= 11 is 0. The highest BCUT2D eigenvalue weighted by Gasteiger charge is 2.23. The average Bonchev–Trinajstić information content (AvgIpc) is 2.51. The highest BCUT2D eigenvalue weighted by atomic mass is 33.1. The minimum absolute atomic E-state index is 0.00551. The maximum atomic E-state index is 12.2. The zero-order valence-corrected chi connectivity index (χ0v) is 16.0. The number of amides is 2. The topological polar surface area (TPSA) is 95.5 Å². The fourth-order valence-electron chi connectivity index (χ4n) is 1.76. The van der Waals surface area contributed by atoms with Gasteiger partial charge in [-0.1, -0.05) is 41.5 Å². The minimum Gasteiger partial charge on any atom is -0.481 e. The fraction of sp³-hybridized carbons (Fsp3) is 0.688. The molecule has 0 aromatic carbocycles. The molecule has 0 aliphatic heterocycles. The number of rotatable bonds is 14. The molecule has 0 aliphatic rings. The number of carboxylic acid groups (broad SMARTS) is 1. The summed E-state index contributed by atoms with van der Waals surface area (Å²) in [5.74, 6) is 0.130. The number of nitrogens with one attached hydrogen (secondary N) is 2. The van der Waals surface area contributed by atoms with Crippen molar-refractivity contribution in [3.63, 3.8) is 0 Å². The SMILES string of the molecule is C=CCCCC(=O)N[C@H](C(=O)NCCSSCCC(=O)O)C(C)C. The van der Waals surface area contributed by atoms with E-state index in [1.165, 1.54) is 21.6 Å². The molecule has 2 amide bonds. The highest BCUT2D eigenvalue weighted by molar-refractivity contribution is 8.76. The zero-order chi connectivity index (χ0) is 18.4. The summed E-state index contributed by atoms with van der Waals surface area (Å²) < 4.78 is 0. The molecule has 1 atom stereocenters. The van der Waals surface area contributed by atoms with E-state index in [4.69, 9.17) is 5.11 Å². The molecule has 0 spiro atoms. The van der Waals surface area contributed by atoms with Crippen LogP contribution in [0.1, 0.15) is 39.5 Å². The van der Waals surface area contributed by atoms with Gasteiger partial charge in [0.1, 0.15) is 6.04 Å². The Hall–Kier alpha value is -1.15. The van der Waals surface area contributed by atoms with Crippen LogP contribution in [0, 0.1) is 5.92 Å². The van der Waals surface area contributed by atoms with E-state index in [0.717, 1.165) is 12.8 Å². The van der Waals surface area contributed by atoms with Gasteiger partial charge in [0.05, 0.1) is 6.42 Å². The summed E-state index contributed by atoms with van der Waals surface area (Å²) in [6, 6.07) is -0.536. The van der Waals surface area contributed by atoms with Crippen molar-refractivity contribution < 1.29 is 19.5 Å². The van der Waals surface area contributed by atoms with Gasteiger partial charge in [-0.25, -0.2) is 0 Å². The third kappa shape index (κ3) is 12.3. The van der Waals surface area contributed by atoms with E-state index in [9.17, 15) is 14.4 Å². The first-order valence-corrected chi connectivity index (χ1v) is 10.5. The molecule has 24 heavy (non-hydrogen) atoms. The molecule has 8 heteroatoms. The summed E-state index contributed by atoms with van der Waals surface area (Å²) in [5, 5.41) is 14.1. The van der Waals surface area contributed by atoms with Gasteiger partial charge < -0.3 is 15.7 Å². The number of aliphatic carboxylic acids is 1. The first-order valence-electron chi connectivity index (χ1n) is 8.02. The van der Waals surface area contributed by atoms with E-state index in [1.807, 2.05) is 13.8 Å². The van der Waals surface area contributed by atoms with Gasteiger partial charge in [-0.2, -0.15) is 0 Å². The van der Waals surface area contributed by atoms with E-state index in [2.05, 4.69) is 17.2 Å². The summed E-state index contributed by atoms with van der Waals surface area (Å²) in [6.45, 7) is 7.89. The molecule has 6 nitrogen and oxygen atoms in total. The second-order valence-electron chi connectivity index (χ2n) is 5.55. The Balaban J connectivity index is 4.01. The van der Waals surface area contributed by atoms with Crippen LogP contribution < -0.4 is 10.6 Å². The van der Waals surface area contributed by atoms with Crippen LogP contribution in [-0.2, 0) is 14.4 Å². The predicted octanol–water partition coefficient (Wildman–Crippen LogP) is 2.46. The van der Waals surface area contributed by atoms with Crippen molar-refractivity contribution >= 4 is 39.4 Å². The Kier molecular flexibility index (Phi) is 13.5. The van der Waals surface area contributed by atoms with Gasteiger partial charge in [0.15, 0.2) is 0 Å². The van der Waals surface area contributed by atoms with Crippen molar-refractivity contribution in [1.29, 1.82) is 0 Å². The zero-order valence-electron chi connectivity index (χ0n) is 14.4. The fourth-order valence-corrected chi connectivity index (χ4v) is 3.65. The molecule has 3 N–H and O–H groups in total. The lowest BCUT2D eigenvalue weighted by molar-refractivity contribution is -0.136. The van der Waals surface area contributed by atoms with E-state index < -0.39 is 12.0 Å². The number of carboxylic acids is 1. The first-order chi connectivity index (χ1) is 11.4. The van der Waals surface area contributed by atoms with Crippen molar-refractivity contribution in [1.82, 2.24) is 10.6 Å². The molecule has 0 aromatic rings. The number of allylic oxidation sites excluding steroid dienone is 1. The maximum absolute atomic E-state index is 12.2. The lowest BCUT2D eigenvalue weighted by Gasteiger charge is -2.21. The number of hydrogen-bond donors (Lipinski definition) is 3. The number of hydrogen-bond acceptors (Lipinski definition) is 5. The van der Waals surface area contributed by atoms with Crippen LogP contribution in [0.5, 0.6) is 0 Å². The van der Waals surface area contributed by atoms with Gasteiger partial charge in [0.25, 0.3) is 0 Å². The predicted molar refractivity (Wildman–Crippen MR) is 101 cm³/mol. The maximum Gasteiger partial charge on any atom is 0.304 e. The van der Waals surface area contributed by atoms with Crippen molar-refractivity contribution in [2.24, 2.45) is 5.92 Å². The number of unbranched alkanes of at least 4 members (excludes halogenated alkanes) is 1. The van der Waals surface area contributed by atoms with Crippen LogP contribution in [0.15, 0.2) is 12.7 Å². The van der Waals surface area contributed by atoms with Gasteiger partial charge in [0, 0.05) is 24.5 Å². The third-order valence-corrected chi connectivity index (χ3v) is 5.45. The summed E-state index contributed by atoms with van der Waals surface area (Å²) in [5.41, 5.74) is 0. The van der Waals surface area contributed by atoms with E-state index >= 15 is 0 Å². The molecule has 0 aliphatic carbocycles. The van der Waals surface area contributed by atoms with Crippen molar-refractivity contribution in [3.05, 3.63) is 12.7 Å². The van der Waals surface area contributed by atoms with Gasteiger partial charge in [0.2, 0.25) is 11.8 Å². The van der Waals surface area contributed by atoms with Gasteiger partial charge in [-0.15, -0.1) is 6.58 Å². The molecule has 0 fully saturated rings. The van der Waals surface area contributed by atoms with Crippen LogP contribution in [0.4, 0.5) is 0 Å². The Labute approximate surface area is 152 Å². The minimum atomic E-state index is -0.806. The van der Waals surface area contributed by atoms with Crippen molar-refractivity contribution in [2.75, 3.05) is 18.1 Å². The molecule has 0 bridgehead atoms. The Bertz CT molecular complexity index is 417. The number of carbonyl (C=O) groups is 3. The second-order valence-corrected chi connectivity index (χ2v) is 8.25. The Morgan fingerprint density at radius 2 is 1.83 bits per heavy atom. The van der Waals surface area contributed by atoms with Crippen LogP contribution in [0.3, 0.4) is 0 Å². The molecule has 0 saturated heterocycles. The van der Waals surface area contributed by atoms with Gasteiger partial charge in [-0.3, -0.25) is 14.4 Å². The Morgan fingerprint density at radius 3 is 2.42 bits per heavy atom. The van der Waals surface area contributed by atoms with E-state index in [1.54, 1.807) is 6.08 Å². The second kappa shape index (κ2) is 14.2. The van der Waals surface area contributed by atoms with Crippen LogP contribution in [-0.4, -0.2) is 47.0 Å². The molecule has 0 radical (unpaired) electrons. The average molecular weight is 377 g/mol. The molecular weight excluding hydrogens is 348 g/mol. The van der Waals surface area contributed by atoms with Crippen LogP contribution in [0.25, 0.3) is 0 Å². The highest BCUT2D eigenvalue weighted by Crippen LogP contribution is 2.20. The molecular formula is C16H28N2O4S2. The molecule has 138 valence electrons. The summed E-state index contributed by atoms with van der Waals surface area (Å²) in [7, 11) is 3.00. The van der Waals surface area contributed by atoms with Crippen LogP contribution in [0.2, 0.25) is 0 Å². The summed E-state index contributed by atoms with van der Waals surface area (Å²) in [6.07, 6.45) is 3.80. The van der Waals surface area contributed by atoms with Crippen LogP contribution >= 0.6 is 21.6 Å². The normalized spacial score (nSPS) is 11.8. The molecule has 0 heterocycles. The lowest BCUT2D eigenvalue weighted by Crippen LogP contribution is -2.50. The Morgan fingerprint density at radius 1 is 1.17 bits per heavy atom. The molecule has 0 rings (SSSR count). The lowest BCUT2D eigenvalue weighted by atomic mass is 10.0. The number of carbonyl (C=O) groups excluding carboxylic acids is 2. The molecule has 0 unspecified atom stereocenters. The molecule has 0 aromatic heterocycles. The third-order valence-electron chi connectivity index (χ3n) is 3.04. The largest absolute Gasteiger partial charge is 0.481 e. The smallest absolute Gasteiger partial charge is 0.304 e. The quantitative estimate of drug-likeness (QED) is 0.245. The molecule has 0 saturated carbocycles. The van der Waals surface area contributed by atoms with E-state index in [-0.39, 0.29) is 24.2 Å². The standard InChI is InChI=1S/C16H28N2O4S2/c1-4-5-6-7-13(19)18-15(12(2)3)16(22)17-9-11-24-23-10-8-14(20)21/h4,12,15H,1,5-11H2,2-3H3,(H,17,22)(H,18,19)(H,20,21)/t15-/m0/s1. The first kappa shape index (κ1) is 22.9. The monoisotopic (exact) mass is 376 g/mol. The summed E-state index contributed by atoms with van der Waals surface area (Å²) in [4.78, 5) is 34.4. The van der Waals surface area contributed by atoms with E-state index in [0.29, 0.717) is 24.5 Å². The van der Waals surface area contributed by atoms with Crippen molar-refractivity contribution in [2.45, 2.75) is 45.6 Å². The van der Waals surface area contributed by atoms with Gasteiger partial charge >= 0.3 is 5.97 Å². The van der Waals surface area contributed by atoms with Crippen molar-refractivity contribution in [3.8, 4) is 0 Å². The van der Waals surface area contributed by atoms with Gasteiger partial charge in [-0.05, 0) is 18.8 Å².